The van der Waals surface area contributed by atoms with Crippen LogP contribution in [0.5, 0.6) is 5.88 Å². The maximum absolute atomic E-state index is 11.3. The third-order valence-corrected chi connectivity index (χ3v) is 3.67. The summed E-state index contributed by atoms with van der Waals surface area (Å²) in [5.74, 6) is 0.473. The number of nitrogens with zero attached hydrogens (tertiary/aromatic N) is 2. The molecule has 1 saturated heterocycles. The number of pyridine rings is 1. The molecule has 1 aliphatic heterocycles. The minimum atomic E-state index is -0.903. The summed E-state index contributed by atoms with van der Waals surface area (Å²) in [5.41, 5.74) is -0.202. The van der Waals surface area contributed by atoms with Crippen molar-refractivity contribution in [2.75, 3.05) is 6.54 Å². The third kappa shape index (κ3) is 3.15. The molecule has 0 radical (unpaired) electrons. The molecule has 0 spiro atoms. The van der Waals surface area contributed by atoms with Crippen molar-refractivity contribution in [3.63, 3.8) is 0 Å². The fourth-order valence-corrected chi connectivity index (χ4v) is 2.83. The van der Waals surface area contributed by atoms with Crippen molar-refractivity contribution in [2.45, 2.75) is 39.3 Å². The van der Waals surface area contributed by atoms with Gasteiger partial charge in [0, 0.05) is 25.2 Å². The molecule has 2 atom stereocenters. The van der Waals surface area contributed by atoms with Gasteiger partial charge in [-0.25, -0.2) is 9.78 Å². The standard InChI is InChI=1S/C14H19ClN2O3/c1-14(2,3)12-10(6-7-17(12)13(18)19)20-11-5-4-9(15)8-16-11/h4-5,8,10,12H,6-7H2,1-3H3,(H,18,19)/t10-,12?/m1/s1. The first kappa shape index (κ1) is 14.9. The topological polar surface area (TPSA) is 62.7 Å². The minimum absolute atomic E-state index is 0.195. The Hall–Kier alpha value is -1.49. The predicted octanol–water partition coefficient (Wildman–Crippen LogP) is 3.28. The molecule has 110 valence electrons. The van der Waals surface area contributed by atoms with Gasteiger partial charge in [0.25, 0.3) is 0 Å². The lowest BCUT2D eigenvalue weighted by Gasteiger charge is -2.36. The van der Waals surface area contributed by atoms with E-state index in [1.165, 1.54) is 11.1 Å². The number of hydrogen-bond donors (Lipinski definition) is 1. The number of carboxylic acid groups (broad SMARTS) is 1. The molecule has 2 rings (SSSR count). The average molecular weight is 299 g/mol. The van der Waals surface area contributed by atoms with Crippen molar-refractivity contribution in [2.24, 2.45) is 5.41 Å². The van der Waals surface area contributed by atoms with Crippen LogP contribution < -0.4 is 4.74 Å². The van der Waals surface area contributed by atoms with Crippen LogP contribution in [0.2, 0.25) is 5.02 Å². The van der Waals surface area contributed by atoms with Gasteiger partial charge in [-0.1, -0.05) is 32.4 Å². The Bertz CT molecular complexity index is 484. The van der Waals surface area contributed by atoms with E-state index in [9.17, 15) is 9.90 Å². The molecule has 1 aliphatic rings. The Labute approximate surface area is 123 Å². The zero-order valence-electron chi connectivity index (χ0n) is 11.8. The van der Waals surface area contributed by atoms with E-state index in [0.717, 1.165) is 0 Å². The smallest absolute Gasteiger partial charge is 0.407 e. The summed E-state index contributed by atoms with van der Waals surface area (Å²) in [6.45, 7) is 6.54. The van der Waals surface area contributed by atoms with Gasteiger partial charge in [0.15, 0.2) is 0 Å². The zero-order valence-corrected chi connectivity index (χ0v) is 12.6. The molecule has 1 fully saturated rings. The van der Waals surface area contributed by atoms with Crippen LogP contribution in [0, 0.1) is 5.41 Å². The Balaban J connectivity index is 2.18. The average Bonchev–Trinajstić information content (AvgIpc) is 2.76. The lowest BCUT2D eigenvalue weighted by Crippen LogP contribution is -2.48. The first-order valence-corrected chi connectivity index (χ1v) is 6.94. The van der Waals surface area contributed by atoms with Crippen LogP contribution in [-0.4, -0.2) is 39.8 Å². The largest absolute Gasteiger partial charge is 0.472 e. The summed E-state index contributed by atoms with van der Waals surface area (Å²) < 4.78 is 5.88. The van der Waals surface area contributed by atoms with Gasteiger partial charge in [-0.2, -0.15) is 0 Å². The van der Waals surface area contributed by atoms with Gasteiger partial charge in [-0.3, -0.25) is 0 Å². The Morgan fingerprint density at radius 1 is 1.50 bits per heavy atom. The van der Waals surface area contributed by atoms with E-state index in [0.29, 0.717) is 23.9 Å². The molecule has 1 amide bonds. The van der Waals surface area contributed by atoms with Crippen LogP contribution >= 0.6 is 11.6 Å². The quantitative estimate of drug-likeness (QED) is 0.910. The lowest BCUT2D eigenvalue weighted by molar-refractivity contribution is 0.0553. The van der Waals surface area contributed by atoms with Gasteiger partial charge >= 0.3 is 6.09 Å². The highest BCUT2D eigenvalue weighted by atomic mass is 35.5. The van der Waals surface area contributed by atoms with Crippen LogP contribution in [0.4, 0.5) is 4.79 Å². The van der Waals surface area contributed by atoms with Gasteiger partial charge in [0.1, 0.15) is 6.10 Å². The van der Waals surface area contributed by atoms with Crippen LogP contribution in [0.1, 0.15) is 27.2 Å². The Morgan fingerprint density at radius 2 is 2.20 bits per heavy atom. The molecule has 1 aromatic rings. The van der Waals surface area contributed by atoms with Gasteiger partial charge in [-0.05, 0) is 11.5 Å². The third-order valence-electron chi connectivity index (χ3n) is 3.45. The summed E-state index contributed by atoms with van der Waals surface area (Å²) in [6, 6.07) is 3.21. The molecule has 0 bridgehead atoms. The molecular weight excluding hydrogens is 280 g/mol. The summed E-state index contributed by atoms with van der Waals surface area (Å²) >= 11 is 5.79. The van der Waals surface area contributed by atoms with Gasteiger partial charge in [0.2, 0.25) is 5.88 Å². The summed E-state index contributed by atoms with van der Waals surface area (Å²) in [7, 11) is 0. The molecule has 20 heavy (non-hydrogen) atoms. The first-order valence-electron chi connectivity index (χ1n) is 6.57. The molecule has 1 N–H and O–H groups in total. The second-order valence-electron chi connectivity index (χ2n) is 6.05. The maximum Gasteiger partial charge on any atom is 0.407 e. The molecule has 0 saturated carbocycles. The Morgan fingerprint density at radius 3 is 2.70 bits per heavy atom. The number of carbonyl (C=O) groups is 1. The van der Waals surface area contributed by atoms with Crippen molar-refractivity contribution in [3.8, 4) is 5.88 Å². The summed E-state index contributed by atoms with van der Waals surface area (Å²) in [5, 5.41) is 9.85. The van der Waals surface area contributed by atoms with Gasteiger partial charge in [0.05, 0.1) is 11.1 Å². The predicted molar refractivity (Wildman–Crippen MR) is 76.3 cm³/mol. The highest BCUT2D eigenvalue weighted by molar-refractivity contribution is 6.30. The van der Waals surface area contributed by atoms with E-state index in [-0.39, 0.29) is 17.6 Å². The first-order chi connectivity index (χ1) is 9.29. The number of ether oxygens (including phenoxy) is 1. The minimum Gasteiger partial charge on any atom is -0.472 e. The maximum atomic E-state index is 11.3. The van der Waals surface area contributed by atoms with Crippen molar-refractivity contribution >= 4 is 17.7 Å². The van der Waals surface area contributed by atoms with Crippen molar-refractivity contribution in [1.82, 2.24) is 9.88 Å². The summed E-state index contributed by atoms with van der Waals surface area (Å²) in [6.07, 6.45) is 1.09. The lowest BCUT2D eigenvalue weighted by atomic mass is 9.84. The monoisotopic (exact) mass is 298 g/mol. The molecule has 0 aliphatic carbocycles. The van der Waals surface area contributed by atoms with Crippen LogP contribution in [0.3, 0.4) is 0 Å². The van der Waals surface area contributed by atoms with Crippen molar-refractivity contribution in [3.05, 3.63) is 23.4 Å². The Kier molecular flexibility index (Phi) is 4.09. The number of amides is 1. The van der Waals surface area contributed by atoms with E-state index in [4.69, 9.17) is 16.3 Å². The normalized spacial score (nSPS) is 22.9. The van der Waals surface area contributed by atoms with E-state index < -0.39 is 6.09 Å². The SMILES string of the molecule is CC(C)(C)C1[C@H](Oc2ccc(Cl)cn2)CCN1C(=O)O. The highest BCUT2D eigenvalue weighted by Gasteiger charge is 2.45. The number of rotatable bonds is 2. The molecule has 0 aromatic carbocycles. The molecule has 1 aromatic heterocycles. The van der Waals surface area contributed by atoms with Gasteiger partial charge in [-0.15, -0.1) is 0 Å². The van der Waals surface area contributed by atoms with Crippen LogP contribution in [0.15, 0.2) is 18.3 Å². The number of likely N-dealkylation sites (tertiary alicyclic amines) is 1. The number of aromatic nitrogens is 1. The van der Waals surface area contributed by atoms with Crippen LogP contribution in [0.25, 0.3) is 0 Å². The fraction of sp³-hybridized carbons (Fsp3) is 0.571. The van der Waals surface area contributed by atoms with E-state index in [1.54, 1.807) is 12.1 Å². The number of hydrogen-bond acceptors (Lipinski definition) is 3. The second-order valence-corrected chi connectivity index (χ2v) is 6.48. The van der Waals surface area contributed by atoms with E-state index >= 15 is 0 Å². The fourth-order valence-electron chi connectivity index (χ4n) is 2.71. The van der Waals surface area contributed by atoms with Crippen LogP contribution in [-0.2, 0) is 0 Å². The van der Waals surface area contributed by atoms with E-state index in [1.807, 2.05) is 20.8 Å². The highest BCUT2D eigenvalue weighted by Crippen LogP contribution is 2.35. The molecule has 2 heterocycles. The molecular formula is C14H19ClN2O3. The molecule has 5 nitrogen and oxygen atoms in total. The second kappa shape index (κ2) is 5.48. The molecule has 6 heteroatoms. The van der Waals surface area contributed by atoms with Crippen molar-refractivity contribution < 1.29 is 14.6 Å². The summed E-state index contributed by atoms with van der Waals surface area (Å²) in [4.78, 5) is 16.9. The zero-order chi connectivity index (χ0) is 14.9. The van der Waals surface area contributed by atoms with E-state index in [2.05, 4.69) is 4.98 Å². The van der Waals surface area contributed by atoms with Crippen molar-refractivity contribution in [1.29, 1.82) is 0 Å². The van der Waals surface area contributed by atoms with Gasteiger partial charge < -0.3 is 14.7 Å². The molecule has 1 unspecified atom stereocenters. The number of halogens is 1.